The first kappa shape index (κ1) is 14.6. The van der Waals surface area contributed by atoms with E-state index in [1.807, 2.05) is 7.05 Å². The molecule has 0 aromatic heterocycles. The van der Waals surface area contributed by atoms with E-state index in [0.717, 1.165) is 6.42 Å². The molecule has 1 unspecified atom stereocenters. The molecule has 0 spiro atoms. The summed E-state index contributed by atoms with van der Waals surface area (Å²) in [5, 5.41) is 3.78. The van der Waals surface area contributed by atoms with Crippen LogP contribution in [-0.2, 0) is 19.3 Å². The van der Waals surface area contributed by atoms with E-state index in [-0.39, 0.29) is 11.9 Å². The molecule has 2 aromatic rings. The minimum Gasteiger partial charge on any atom is -0.313 e. The standard InChI is InChI=1S/C18H19ClFN/c1-21-18(11-15-16(19)6-3-7-17(15)20)14-9-8-12-4-2-5-13(12)10-14/h3,6-10,18,21H,2,4-5,11H2,1H3. The van der Waals surface area contributed by atoms with Crippen LogP contribution in [0.4, 0.5) is 4.39 Å². The third-order valence-corrected chi connectivity index (χ3v) is 4.70. The minimum atomic E-state index is -0.232. The molecule has 1 nitrogen and oxygen atoms in total. The fourth-order valence-electron chi connectivity index (χ4n) is 3.13. The third kappa shape index (κ3) is 2.97. The largest absolute Gasteiger partial charge is 0.313 e. The lowest BCUT2D eigenvalue weighted by molar-refractivity contribution is 0.554. The van der Waals surface area contributed by atoms with Crippen LogP contribution < -0.4 is 5.32 Å². The number of benzene rings is 2. The van der Waals surface area contributed by atoms with Gasteiger partial charge in [-0.15, -0.1) is 0 Å². The van der Waals surface area contributed by atoms with Crippen LogP contribution in [0.1, 0.15) is 34.7 Å². The highest BCUT2D eigenvalue weighted by Crippen LogP contribution is 2.29. The van der Waals surface area contributed by atoms with Gasteiger partial charge in [0.15, 0.2) is 0 Å². The lowest BCUT2D eigenvalue weighted by Gasteiger charge is -2.19. The first-order chi connectivity index (χ1) is 10.2. The first-order valence-electron chi connectivity index (χ1n) is 7.41. The molecule has 0 bridgehead atoms. The second-order valence-electron chi connectivity index (χ2n) is 5.63. The van der Waals surface area contributed by atoms with Crippen molar-refractivity contribution in [3.63, 3.8) is 0 Å². The monoisotopic (exact) mass is 303 g/mol. The highest BCUT2D eigenvalue weighted by Gasteiger charge is 2.18. The van der Waals surface area contributed by atoms with Crippen LogP contribution in [0.25, 0.3) is 0 Å². The predicted molar refractivity (Wildman–Crippen MR) is 85.4 cm³/mol. The van der Waals surface area contributed by atoms with E-state index in [4.69, 9.17) is 11.6 Å². The smallest absolute Gasteiger partial charge is 0.127 e. The Morgan fingerprint density at radius 3 is 2.76 bits per heavy atom. The van der Waals surface area contributed by atoms with Gasteiger partial charge in [-0.2, -0.15) is 0 Å². The van der Waals surface area contributed by atoms with Gasteiger partial charge in [0.25, 0.3) is 0 Å². The molecule has 1 atom stereocenters. The van der Waals surface area contributed by atoms with Crippen LogP contribution in [0.2, 0.25) is 5.02 Å². The number of fused-ring (bicyclic) bond motifs is 1. The van der Waals surface area contributed by atoms with E-state index in [1.54, 1.807) is 12.1 Å². The van der Waals surface area contributed by atoms with Gasteiger partial charge < -0.3 is 5.32 Å². The van der Waals surface area contributed by atoms with Crippen LogP contribution in [-0.4, -0.2) is 7.05 Å². The lowest BCUT2D eigenvalue weighted by Crippen LogP contribution is -2.19. The summed E-state index contributed by atoms with van der Waals surface area (Å²) in [6, 6.07) is 11.6. The van der Waals surface area contributed by atoms with E-state index in [9.17, 15) is 4.39 Å². The van der Waals surface area contributed by atoms with Gasteiger partial charge in [-0.25, -0.2) is 4.39 Å². The van der Waals surface area contributed by atoms with Crippen molar-refractivity contribution < 1.29 is 4.39 Å². The molecule has 0 fully saturated rings. The summed E-state index contributed by atoms with van der Waals surface area (Å²) in [5.74, 6) is -0.232. The molecular weight excluding hydrogens is 285 g/mol. The van der Waals surface area contributed by atoms with Crippen molar-refractivity contribution in [3.05, 3.63) is 69.5 Å². The molecule has 0 radical (unpaired) electrons. The van der Waals surface area contributed by atoms with Gasteiger partial charge in [0.05, 0.1) is 0 Å². The number of rotatable bonds is 4. The van der Waals surface area contributed by atoms with Crippen LogP contribution in [0, 0.1) is 5.82 Å². The van der Waals surface area contributed by atoms with Crippen LogP contribution in [0.15, 0.2) is 36.4 Å². The molecule has 0 saturated carbocycles. The lowest BCUT2D eigenvalue weighted by atomic mass is 9.96. The predicted octanol–water partition coefficient (Wildman–Crippen LogP) is 4.47. The van der Waals surface area contributed by atoms with E-state index < -0.39 is 0 Å². The Kier molecular flexibility index (Phi) is 4.27. The highest BCUT2D eigenvalue weighted by atomic mass is 35.5. The van der Waals surface area contributed by atoms with Crippen molar-refractivity contribution in [1.29, 1.82) is 0 Å². The number of nitrogens with one attached hydrogen (secondary N) is 1. The second kappa shape index (κ2) is 6.17. The summed E-state index contributed by atoms with van der Waals surface area (Å²) in [4.78, 5) is 0. The Hall–Kier alpha value is -1.38. The number of halogens is 2. The van der Waals surface area contributed by atoms with Crippen LogP contribution >= 0.6 is 11.6 Å². The summed E-state index contributed by atoms with van der Waals surface area (Å²) in [6.45, 7) is 0. The minimum absolute atomic E-state index is 0.0744. The molecule has 0 saturated heterocycles. The molecule has 21 heavy (non-hydrogen) atoms. The average molecular weight is 304 g/mol. The van der Waals surface area contributed by atoms with Gasteiger partial charge in [0.1, 0.15) is 5.82 Å². The van der Waals surface area contributed by atoms with Crippen molar-refractivity contribution in [3.8, 4) is 0 Å². The summed E-state index contributed by atoms with van der Waals surface area (Å²) in [5.41, 5.74) is 4.68. The van der Waals surface area contributed by atoms with E-state index >= 15 is 0 Å². The topological polar surface area (TPSA) is 12.0 Å². The normalized spacial score (nSPS) is 15.0. The zero-order chi connectivity index (χ0) is 14.8. The second-order valence-corrected chi connectivity index (χ2v) is 6.03. The Bertz CT molecular complexity index is 633. The molecule has 1 aliphatic carbocycles. The fraction of sp³-hybridized carbons (Fsp3) is 0.333. The zero-order valence-corrected chi connectivity index (χ0v) is 12.9. The number of hydrogen-bond acceptors (Lipinski definition) is 1. The molecule has 2 aromatic carbocycles. The number of hydrogen-bond donors (Lipinski definition) is 1. The molecule has 3 rings (SSSR count). The average Bonchev–Trinajstić information content (AvgIpc) is 2.94. The molecule has 3 heteroatoms. The van der Waals surface area contributed by atoms with Gasteiger partial charge in [-0.3, -0.25) is 0 Å². The van der Waals surface area contributed by atoms with Crippen molar-refractivity contribution in [2.45, 2.75) is 31.7 Å². The van der Waals surface area contributed by atoms with Crippen molar-refractivity contribution in [1.82, 2.24) is 5.32 Å². The van der Waals surface area contributed by atoms with E-state index in [0.29, 0.717) is 17.0 Å². The molecule has 0 aliphatic heterocycles. The van der Waals surface area contributed by atoms with Gasteiger partial charge in [-0.05, 0) is 61.6 Å². The van der Waals surface area contributed by atoms with Crippen LogP contribution in [0.3, 0.4) is 0 Å². The maximum absolute atomic E-state index is 14.0. The van der Waals surface area contributed by atoms with Crippen LogP contribution in [0.5, 0.6) is 0 Å². The van der Waals surface area contributed by atoms with Gasteiger partial charge in [0, 0.05) is 16.6 Å². The Morgan fingerprint density at radius 2 is 2.00 bits per heavy atom. The maximum atomic E-state index is 14.0. The number of aryl methyl sites for hydroxylation is 2. The third-order valence-electron chi connectivity index (χ3n) is 4.34. The summed E-state index contributed by atoms with van der Waals surface area (Å²) >= 11 is 6.14. The maximum Gasteiger partial charge on any atom is 0.127 e. The summed E-state index contributed by atoms with van der Waals surface area (Å²) in [7, 11) is 1.91. The van der Waals surface area contributed by atoms with Crippen molar-refractivity contribution in [2.24, 2.45) is 0 Å². The molecular formula is C18H19ClFN. The first-order valence-corrected chi connectivity index (χ1v) is 7.78. The molecule has 1 N–H and O–H groups in total. The van der Waals surface area contributed by atoms with E-state index in [2.05, 4.69) is 23.5 Å². The Balaban J connectivity index is 1.89. The SMILES string of the molecule is CNC(Cc1c(F)cccc1Cl)c1ccc2c(c1)CCC2. The molecule has 1 aliphatic rings. The Labute approximate surface area is 130 Å². The van der Waals surface area contributed by atoms with Gasteiger partial charge >= 0.3 is 0 Å². The molecule has 0 amide bonds. The van der Waals surface area contributed by atoms with Gasteiger partial charge in [-0.1, -0.05) is 35.9 Å². The zero-order valence-electron chi connectivity index (χ0n) is 12.1. The number of likely N-dealkylation sites (N-methyl/N-ethyl adjacent to an activating group) is 1. The molecule has 110 valence electrons. The van der Waals surface area contributed by atoms with Crippen molar-refractivity contribution in [2.75, 3.05) is 7.05 Å². The van der Waals surface area contributed by atoms with E-state index in [1.165, 1.54) is 35.6 Å². The van der Waals surface area contributed by atoms with Gasteiger partial charge in [0.2, 0.25) is 0 Å². The van der Waals surface area contributed by atoms with Crippen molar-refractivity contribution >= 4 is 11.6 Å². The fourth-order valence-corrected chi connectivity index (χ4v) is 3.37. The Morgan fingerprint density at radius 1 is 1.19 bits per heavy atom. The quantitative estimate of drug-likeness (QED) is 0.878. The molecule has 0 heterocycles. The summed E-state index contributed by atoms with van der Waals surface area (Å²) < 4.78 is 14.0. The highest BCUT2D eigenvalue weighted by molar-refractivity contribution is 6.31. The summed E-state index contributed by atoms with van der Waals surface area (Å²) in [6.07, 6.45) is 4.13.